The van der Waals surface area contributed by atoms with Crippen LogP contribution in [0.15, 0.2) is 6.33 Å². The number of hydrogen-bond donors (Lipinski definition) is 1. The van der Waals surface area contributed by atoms with E-state index in [1.807, 2.05) is 7.05 Å². The van der Waals surface area contributed by atoms with E-state index in [9.17, 15) is 0 Å². The molecule has 2 heterocycles. The summed E-state index contributed by atoms with van der Waals surface area (Å²) in [4.78, 5) is 2.18. The van der Waals surface area contributed by atoms with Gasteiger partial charge in [0, 0.05) is 25.0 Å². The van der Waals surface area contributed by atoms with Crippen molar-refractivity contribution in [3.63, 3.8) is 0 Å². The van der Waals surface area contributed by atoms with Gasteiger partial charge in [-0.05, 0) is 33.7 Å². The van der Waals surface area contributed by atoms with Crippen LogP contribution in [0.1, 0.15) is 56.1 Å². The second kappa shape index (κ2) is 6.37. The summed E-state index contributed by atoms with van der Waals surface area (Å²) in [5, 5.41) is 17.0. The number of nitrogens with zero attached hydrogens (tertiary/aromatic N) is 7. The predicted molar refractivity (Wildman–Crippen MR) is 86.5 cm³/mol. The Hall–Kier alpha value is -1.80. The first-order valence-corrected chi connectivity index (χ1v) is 8.16. The third-order valence-corrected chi connectivity index (χ3v) is 4.56. The zero-order chi connectivity index (χ0) is 16.6. The molecule has 1 aliphatic carbocycles. The lowest BCUT2D eigenvalue weighted by atomic mass is 9.80. The molecule has 0 unspecified atom stereocenters. The Kier molecular flexibility index (Phi) is 4.45. The molecule has 0 atom stereocenters. The summed E-state index contributed by atoms with van der Waals surface area (Å²) in [5.41, 5.74) is 5.88. The topological polar surface area (TPSA) is 90.7 Å². The van der Waals surface area contributed by atoms with Gasteiger partial charge in [-0.3, -0.25) is 4.90 Å². The maximum Gasteiger partial charge on any atom is 0.147 e. The molecule has 0 saturated heterocycles. The second-order valence-electron chi connectivity index (χ2n) is 6.88. The van der Waals surface area contributed by atoms with Crippen LogP contribution in [0, 0.1) is 0 Å². The average Bonchev–Trinajstić information content (AvgIpc) is 3.04. The maximum absolute atomic E-state index is 5.88. The summed E-state index contributed by atoms with van der Waals surface area (Å²) in [6.45, 7) is 5.72. The van der Waals surface area contributed by atoms with Gasteiger partial charge >= 0.3 is 0 Å². The highest BCUT2D eigenvalue weighted by Gasteiger charge is 2.31. The van der Waals surface area contributed by atoms with Crippen LogP contribution in [0.25, 0.3) is 0 Å². The van der Waals surface area contributed by atoms with Crippen molar-refractivity contribution in [2.75, 3.05) is 7.05 Å². The van der Waals surface area contributed by atoms with E-state index in [-0.39, 0.29) is 0 Å². The van der Waals surface area contributed by atoms with E-state index >= 15 is 0 Å². The summed E-state index contributed by atoms with van der Waals surface area (Å²) in [6, 6.07) is 0.683. The minimum Gasteiger partial charge on any atom is -0.328 e. The van der Waals surface area contributed by atoms with Gasteiger partial charge < -0.3 is 14.9 Å². The Morgan fingerprint density at radius 1 is 1.22 bits per heavy atom. The Balaban J connectivity index is 1.64. The lowest BCUT2D eigenvalue weighted by Gasteiger charge is -2.31. The van der Waals surface area contributed by atoms with Crippen LogP contribution in [0.2, 0.25) is 0 Å². The van der Waals surface area contributed by atoms with E-state index in [2.05, 4.69) is 55.3 Å². The summed E-state index contributed by atoms with van der Waals surface area (Å²) in [5.74, 6) is 3.46. The van der Waals surface area contributed by atoms with Crippen molar-refractivity contribution < 1.29 is 0 Å². The summed E-state index contributed by atoms with van der Waals surface area (Å²) >= 11 is 0. The van der Waals surface area contributed by atoms with Gasteiger partial charge in [0.15, 0.2) is 0 Å². The van der Waals surface area contributed by atoms with E-state index < -0.39 is 0 Å². The predicted octanol–water partition coefficient (Wildman–Crippen LogP) is 0.824. The van der Waals surface area contributed by atoms with Crippen molar-refractivity contribution in [3.05, 3.63) is 23.8 Å². The smallest absolute Gasteiger partial charge is 0.147 e. The van der Waals surface area contributed by atoms with Crippen molar-refractivity contribution in [1.29, 1.82) is 0 Å². The van der Waals surface area contributed by atoms with Gasteiger partial charge in [0.1, 0.15) is 23.8 Å². The first kappa shape index (κ1) is 16.1. The van der Waals surface area contributed by atoms with Crippen molar-refractivity contribution in [2.45, 2.75) is 57.8 Å². The van der Waals surface area contributed by atoms with E-state index in [0.29, 0.717) is 18.0 Å². The van der Waals surface area contributed by atoms with Gasteiger partial charge in [-0.2, -0.15) is 0 Å². The molecule has 8 nitrogen and oxygen atoms in total. The van der Waals surface area contributed by atoms with Gasteiger partial charge in [0.25, 0.3) is 0 Å². The fraction of sp³-hybridized carbons (Fsp3) is 0.733. The fourth-order valence-electron chi connectivity index (χ4n) is 3.09. The van der Waals surface area contributed by atoms with Crippen LogP contribution in [0.5, 0.6) is 0 Å². The fourth-order valence-corrected chi connectivity index (χ4v) is 3.09. The quantitative estimate of drug-likeness (QED) is 0.848. The zero-order valence-corrected chi connectivity index (χ0v) is 14.3. The molecule has 1 fully saturated rings. The number of nitrogens with two attached hydrogens (primary N) is 1. The van der Waals surface area contributed by atoms with Crippen LogP contribution < -0.4 is 5.73 Å². The molecule has 0 aliphatic heterocycles. The molecular formula is C15H26N8. The molecule has 0 radical (unpaired) electrons. The van der Waals surface area contributed by atoms with Crippen molar-refractivity contribution in [2.24, 2.45) is 12.8 Å². The van der Waals surface area contributed by atoms with Crippen LogP contribution in [0.4, 0.5) is 0 Å². The van der Waals surface area contributed by atoms with E-state index in [1.54, 1.807) is 6.33 Å². The highest BCUT2D eigenvalue weighted by Crippen LogP contribution is 2.34. The highest BCUT2D eigenvalue weighted by molar-refractivity contribution is 5.08. The molecule has 0 bridgehead atoms. The molecule has 2 aromatic heterocycles. The summed E-state index contributed by atoms with van der Waals surface area (Å²) in [6.07, 6.45) is 3.81. The van der Waals surface area contributed by atoms with Crippen LogP contribution in [-0.4, -0.2) is 47.5 Å². The van der Waals surface area contributed by atoms with Gasteiger partial charge in [0.2, 0.25) is 0 Å². The van der Waals surface area contributed by atoms with Crippen LogP contribution >= 0.6 is 0 Å². The highest BCUT2D eigenvalue weighted by atomic mass is 15.3. The largest absolute Gasteiger partial charge is 0.328 e. The number of aromatic nitrogens is 6. The van der Waals surface area contributed by atoms with Crippen molar-refractivity contribution >= 4 is 0 Å². The molecule has 23 heavy (non-hydrogen) atoms. The monoisotopic (exact) mass is 318 g/mol. The van der Waals surface area contributed by atoms with Crippen LogP contribution in [-0.2, 0) is 20.1 Å². The van der Waals surface area contributed by atoms with Gasteiger partial charge in [-0.25, -0.2) is 0 Å². The number of rotatable bonds is 6. The molecule has 1 aliphatic rings. The molecular weight excluding hydrogens is 292 g/mol. The summed E-state index contributed by atoms with van der Waals surface area (Å²) < 4.78 is 4.20. The maximum atomic E-state index is 5.88. The Morgan fingerprint density at radius 2 is 1.91 bits per heavy atom. The van der Waals surface area contributed by atoms with Crippen molar-refractivity contribution in [1.82, 2.24) is 34.4 Å². The van der Waals surface area contributed by atoms with Gasteiger partial charge in [-0.15, -0.1) is 20.4 Å². The Bertz CT molecular complexity index is 652. The van der Waals surface area contributed by atoms with E-state index in [1.165, 1.54) is 0 Å². The van der Waals surface area contributed by atoms with E-state index in [0.717, 1.165) is 43.4 Å². The lowest BCUT2D eigenvalue weighted by Crippen LogP contribution is -2.36. The standard InChI is InChI=1S/C15H26N8/c1-10(2)23-9-17-18-14(23)8-21(3)7-13-19-20-15(22(13)4)11-5-12(16)6-11/h9-12H,5-8,16H2,1-4H3. The molecule has 8 heteroatoms. The zero-order valence-electron chi connectivity index (χ0n) is 14.3. The minimum absolute atomic E-state index is 0.324. The van der Waals surface area contributed by atoms with Crippen LogP contribution in [0.3, 0.4) is 0 Å². The average molecular weight is 318 g/mol. The normalized spacial score (nSPS) is 21.2. The van der Waals surface area contributed by atoms with Gasteiger partial charge in [0.05, 0.1) is 13.1 Å². The van der Waals surface area contributed by atoms with Crippen molar-refractivity contribution in [3.8, 4) is 0 Å². The Labute approximate surface area is 136 Å². The third kappa shape index (κ3) is 3.28. The minimum atomic E-state index is 0.324. The Morgan fingerprint density at radius 3 is 2.57 bits per heavy atom. The molecule has 2 N–H and O–H groups in total. The molecule has 0 aromatic carbocycles. The summed E-state index contributed by atoms with van der Waals surface area (Å²) in [7, 11) is 4.10. The molecule has 0 amide bonds. The lowest BCUT2D eigenvalue weighted by molar-refractivity contribution is 0.288. The third-order valence-electron chi connectivity index (χ3n) is 4.56. The second-order valence-corrected chi connectivity index (χ2v) is 6.88. The van der Waals surface area contributed by atoms with E-state index in [4.69, 9.17) is 5.73 Å². The number of hydrogen-bond acceptors (Lipinski definition) is 6. The molecule has 1 saturated carbocycles. The molecule has 0 spiro atoms. The first-order valence-electron chi connectivity index (χ1n) is 8.16. The molecule has 2 aromatic rings. The van der Waals surface area contributed by atoms with Gasteiger partial charge in [-0.1, -0.05) is 0 Å². The first-order chi connectivity index (χ1) is 11.0. The molecule has 3 rings (SSSR count). The molecule has 126 valence electrons. The SMILES string of the molecule is CC(C)n1cnnc1CN(C)Cc1nnc(C2CC(N)C2)n1C.